The number of rotatable bonds is 6. The van der Waals surface area contributed by atoms with Gasteiger partial charge in [0.05, 0.1) is 10.8 Å². The summed E-state index contributed by atoms with van der Waals surface area (Å²) in [5.41, 5.74) is 0. The third-order valence-electron chi connectivity index (χ3n) is 2.26. The van der Waals surface area contributed by atoms with Gasteiger partial charge in [-0.15, -0.1) is 0 Å². The van der Waals surface area contributed by atoms with Crippen molar-refractivity contribution in [3.8, 4) is 0 Å². The largest absolute Gasteiger partial charge is 0.300 e. The van der Waals surface area contributed by atoms with Gasteiger partial charge in [0.1, 0.15) is 5.78 Å². The van der Waals surface area contributed by atoms with Gasteiger partial charge in [-0.25, -0.2) is 0 Å². The van der Waals surface area contributed by atoms with Crippen molar-refractivity contribution in [1.82, 2.24) is 0 Å². The van der Waals surface area contributed by atoms with Crippen LogP contribution in [0, 0.1) is 0 Å². The average molecular weight is 303 g/mol. The van der Waals surface area contributed by atoms with E-state index in [0.29, 0.717) is 25.0 Å². The molecule has 0 saturated heterocycles. The van der Waals surface area contributed by atoms with Gasteiger partial charge in [0.25, 0.3) is 0 Å². The molecule has 0 amide bonds. The van der Waals surface area contributed by atoms with E-state index < -0.39 is 10.8 Å². The van der Waals surface area contributed by atoms with Crippen molar-refractivity contribution in [2.45, 2.75) is 31.1 Å². The van der Waals surface area contributed by atoms with Gasteiger partial charge < -0.3 is 0 Å². The normalized spacial score (nSPS) is 12.4. The molecule has 88 valence electrons. The minimum atomic E-state index is -0.983. The topological polar surface area (TPSA) is 34.1 Å². The average Bonchev–Trinajstić information content (AvgIpc) is 2.29. The molecule has 0 saturated carbocycles. The highest BCUT2D eigenvalue weighted by Crippen LogP contribution is 2.14. The molecule has 0 bridgehead atoms. The number of Topliss-reactive ketones (excluding diaryl/α,β-unsaturated/α-hetero) is 1. The molecular formula is C12H15BrO2S. The van der Waals surface area contributed by atoms with E-state index in [1.165, 1.54) is 0 Å². The number of benzene rings is 1. The lowest BCUT2D eigenvalue weighted by atomic mass is 10.2. The van der Waals surface area contributed by atoms with E-state index in [1.807, 2.05) is 31.2 Å². The summed E-state index contributed by atoms with van der Waals surface area (Å²) in [6.07, 6.45) is 1.82. The molecular weight excluding hydrogens is 288 g/mol. The molecule has 4 heteroatoms. The number of ketones is 1. The molecule has 1 rings (SSSR count). The van der Waals surface area contributed by atoms with Crippen LogP contribution in [0.3, 0.4) is 0 Å². The molecule has 1 aromatic carbocycles. The fourth-order valence-electron chi connectivity index (χ4n) is 1.28. The van der Waals surface area contributed by atoms with E-state index in [0.717, 1.165) is 9.37 Å². The number of halogens is 1. The van der Waals surface area contributed by atoms with Gasteiger partial charge in [-0.05, 0) is 30.7 Å². The van der Waals surface area contributed by atoms with Gasteiger partial charge in [0.15, 0.2) is 0 Å². The fourth-order valence-corrected chi connectivity index (χ4v) is 2.63. The summed E-state index contributed by atoms with van der Waals surface area (Å²) in [6.45, 7) is 1.86. The Balaban J connectivity index is 2.41. The fraction of sp³-hybridized carbons (Fsp3) is 0.417. The van der Waals surface area contributed by atoms with E-state index in [4.69, 9.17) is 0 Å². The molecule has 0 fully saturated rings. The molecule has 0 aliphatic heterocycles. The van der Waals surface area contributed by atoms with Crippen molar-refractivity contribution in [1.29, 1.82) is 0 Å². The van der Waals surface area contributed by atoms with Crippen LogP contribution in [0.2, 0.25) is 0 Å². The summed E-state index contributed by atoms with van der Waals surface area (Å²) >= 11 is 3.33. The molecule has 0 heterocycles. The molecule has 0 aliphatic rings. The third kappa shape index (κ3) is 4.58. The van der Waals surface area contributed by atoms with Crippen LogP contribution in [0.1, 0.15) is 26.2 Å². The molecule has 0 aliphatic carbocycles. The lowest BCUT2D eigenvalue weighted by Crippen LogP contribution is -2.02. The zero-order chi connectivity index (χ0) is 12.0. The van der Waals surface area contributed by atoms with Gasteiger partial charge in [0.2, 0.25) is 0 Å². The first kappa shape index (κ1) is 13.6. The van der Waals surface area contributed by atoms with Crippen molar-refractivity contribution in [2.24, 2.45) is 0 Å². The van der Waals surface area contributed by atoms with Crippen LogP contribution in [0.4, 0.5) is 0 Å². The molecule has 1 unspecified atom stereocenters. The van der Waals surface area contributed by atoms with Crippen LogP contribution in [0.5, 0.6) is 0 Å². The Labute approximate surface area is 107 Å². The Hall–Kier alpha value is -0.480. The molecule has 1 aromatic rings. The predicted octanol–water partition coefficient (Wildman–Crippen LogP) is 3.32. The molecule has 0 radical (unpaired) electrons. The van der Waals surface area contributed by atoms with Crippen LogP contribution < -0.4 is 0 Å². The van der Waals surface area contributed by atoms with Crippen LogP contribution in [0.25, 0.3) is 0 Å². The van der Waals surface area contributed by atoms with Crippen molar-refractivity contribution in [3.63, 3.8) is 0 Å². The summed E-state index contributed by atoms with van der Waals surface area (Å²) in [6, 6.07) is 7.46. The van der Waals surface area contributed by atoms with E-state index in [1.54, 1.807) is 0 Å². The smallest absolute Gasteiger partial charge is 0.132 e. The Morgan fingerprint density at radius 1 is 1.31 bits per heavy atom. The van der Waals surface area contributed by atoms with Crippen LogP contribution in [-0.4, -0.2) is 15.7 Å². The first-order valence-corrected chi connectivity index (χ1v) is 7.40. The number of hydrogen-bond donors (Lipinski definition) is 0. The highest BCUT2D eigenvalue weighted by Gasteiger charge is 2.05. The van der Waals surface area contributed by atoms with Crippen molar-refractivity contribution in [2.75, 3.05) is 5.75 Å². The lowest BCUT2D eigenvalue weighted by Gasteiger charge is -2.02. The maximum absolute atomic E-state index is 11.8. The number of carbonyl (C=O) groups is 1. The quantitative estimate of drug-likeness (QED) is 0.808. The molecule has 16 heavy (non-hydrogen) atoms. The standard InChI is InChI=1S/C12H15BrO2S/c1-2-11(14)4-3-9-16(15)12-7-5-10(13)6-8-12/h5-8H,2-4,9H2,1H3. The summed E-state index contributed by atoms with van der Waals surface area (Å²) in [5.74, 6) is 0.806. The Bertz CT molecular complexity index is 373. The molecule has 0 N–H and O–H groups in total. The van der Waals surface area contributed by atoms with Gasteiger partial charge in [0, 0.05) is 28.0 Å². The predicted molar refractivity (Wildman–Crippen MR) is 69.9 cm³/mol. The van der Waals surface area contributed by atoms with Crippen molar-refractivity contribution < 1.29 is 9.00 Å². The SMILES string of the molecule is CCC(=O)CCCS(=O)c1ccc(Br)cc1. The number of hydrogen-bond acceptors (Lipinski definition) is 2. The second-order valence-corrected chi connectivity index (χ2v) is 5.99. The van der Waals surface area contributed by atoms with Gasteiger partial charge in [-0.3, -0.25) is 9.00 Å². The van der Waals surface area contributed by atoms with Crippen molar-refractivity contribution >= 4 is 32.5 Å². The van der Waals surface area contributed by atoms with Crippen LogP contribution in [-0.2, 0) is 15.6 Å². The lowest BCUT2D eigenvalue weighted by molar-refractivity contribution is -0.118. The number of carbonyl (C=O) groups excluding carboxylic acids is 1. The van der Waals surface area contributed by atoms with Crippen molar-refractivity contribution in [3.05, 3.63) is 28.7 Å². The Morgan fingerprint density at radius 2 is 1.94 bits per heavy atom. The van der Waals surface area contributed by atoms with Gasteiger partial charge >= 0.3 is 0 Å². The maximum atomic E-state index is 11.8. The summed E-state index contributed by atoms with van der Waals surface area (Å²) in [4.78, 5) is 11.9. The zero-order valence-electron chi connectivity index (χ0n) is 9.24. The van der Waals surface area contributed by atoms with Crippen LogP contribution >= 0.6 is 15.9 Å². The van der Waals surface area contributed by atoms with Crippen LogP contribution in [0.15, 0.2) is 33.6 Å². The molecule has 1 atom stereocenters. The first-order valence-electron chi connectivity index (χ1n) is 5.29. The molecule has 0 spiro atoms. The Kier molecular flexibility index (Phi) is 5.91. The molecule has 2 nitrogen and oxygen atoms in total. The first-order chi connectivity index (χ1) is 7.63. The van der Waals surface area contributed by atoms with E-state index in [-0.39, 0.29) is 5.78 Å². The van der Waals surface area contributed by atoms with Gasteiger partial charge in [-0.1, -0.05) is 22.9 Å². The summed E-state index contributed by atoms with van der Waals surface area (Å²) < 4.78 is 12.8. The third-order valence-corrected chi connectivity index (χ3v) is 4.24. The maximum Gasteiger partial charge on any atom is 0.132 e. The zero-order valence-corrected chi connectivity index (χ0v) is 11.6. The second-order valence-electron chi connectivity index (χ2n) is 3.50. The highest BCUT2D eigenvalue weighted by atomic mass is 79.9. The van der Waals surface area contributed by atoms with E-state index in [2.05, 4.69) is 15.9 Å². The monoisotopic (exact) mass is 302 g/mol. The highest BCUT2D eigenvalue weighted by molar-refractivity contribution is 9.10. The molecule has 0 aromatic heterocycles. The van der Waals surface area contributed by atoms with Gasteiger partial charge in [-0.2, -0.15) is 0 Å². The Morgan fingerprint density at radius 3 is 2.50 bits per heavy atom. The second kappa shape index (κ2) is 6.97. The summed E-state index contributed by atoms with van der Waals surface area (Å²) in [5, 5.41) is 0. The van der Waals surface area contributed by atoms with E-state index in [9.17, 15) is 9.00 Å². The van der Waals surface area contributed by atoms with E-state index >= 15 is 0 Å². The summed E-state index contributed by atoms with van der Waals surface area (Å²) in [7, 11) is -0.983. The minimum Gasteiger partial charge on any atom is -0.300 e. The minimum absolute atomic E-state index is 0.243.